The van der Waals surface area contributed by atoms with Gasteiger partial charge in [-0.15, -0.1) is 16.9 Å². The van der Waals surface area contributed by atoms with E-state index in [1.54, 1.807) is 29.7 Å². The summed E-state index contributed by atoms with van der Waals surface area (Å²) in [5, 5.41) is 7.09. The Bertz CT molecular complexity index is 1950. The van der Waals surface area contributed by atoms with Gasteiger partial charge in [0.2, 0.25) is 11.8 Å². The van der Waals surface area contributed by atoms with E-state index in [4.69, 9.17) is 16.3 Å². The molecule has 16 heteroatoms. The number of benzene rings is 2. The van der Waals surface area contributed by atoms with Crippen LogP contribution in [0.15, 0.2) is 58.9 Å². The number of hydrogen-bond donors (Lipinski definition) is 0. The highest BCUT2D eigenvalue weighted by Gasteiger charge is 2.40. The number of rotatable bonds is 5. The van der Waals surface area contributed by atoms with Crippen molar-refractivity contribution in [3.05, 3.63) is 81.9 Å². The number of thioether (sulfide) groups is 1. The summed E-state index contributed by atoms with van der Waals surface area (Å²) < 4.78 is 81.8. The molecule has 2 aromatic carbocycles. The minimum absolute atomic E-state index is 0.0140. The number of halogens is 6. The third-order valence-corrected chi connectivity index (χ3v) is 9.58. The number of carbonyl (C=O) groups excluding carboxylic acids is 1. The molecule has 0 bridgehead atoms. The van der Waals surface area contributed by atoms with E-state index in [0.717, 1.165) is 23.9 Å². The standard InChI is InChI=1S/C31H26ClF5N6O3S/c1-4-25(44)43-15(2)11-41(12-16(43)3)29-19-8-20(31(35,36)37)26(18-9-21(32)23(34)10-22(18)33)28-27(19)42(30(45)39-29)13-17(14-47-28)46-24-6-5-7-38-40-24/h4-10,15-17H,1,11-14H2,2-3H3/t15-,16+,17-/m0/s1. The lowest BCUT2D eigenvalue weighted by Gasteiger charge is -2.44. The van der Waals surface area contributed by atoms with Gasteiger partial charge >= 0.3 is 11.9 Å². The Kier molecular flexibility index (Phi) is 8.63. The second-order valence-electron chi connectivity index (χ2n) is 11.3. The van der Waals surface area contributed by atoms with Gasteiger partial charge in [0, 0.05) is 70.7 Å². The number of anilines is 1. The van der Waals surface area contributed by atoms with Crippen LogP contribution in [0.2, 0.25) is 5.02 Å². The van der Waals surface area contributed by atoms with Crippen molar-refractivity contribution in [2.75, 3.05) is 23.7 Å². The van der Waals surface area contributed by atoms with Gasteiger partial charge in [0.15, 0.2) is 0 Å². The van der Waals surface area contributed by atoms with E-state index in [2.05, 4.69) is 21.8 Å². The van der Waals surface area contributed by atoms with Crippen molar-refractivity contribution in [1.29, 1.82) is 0 Å². The normalized spacial score (nSPS) is 19.9. The molecule has 0 N–H and O–H groups in total. The predicted molar refractivity (Wildman–Crippen MR) is 167 cm³/mol. The maximum absolute atomic E-state index is 15.4. The first kappa shape index (κ1) is 32.7. The van der Waals surface area contributed by atoms with Crippen molar-refractivity contribution in [2.24, 2.45) is 0 Å². The molecule has 9 nitrogen and oxygen atoms in total. The monoisotopic (exact) mass is 692 g/mol. The molecule has 1 amide bonds. The number of aromatic nitrogens is 4. The number of carbonyl (C=O) groups is 1. The summed E-state index contributed by atoms with van der Waals surface area (Å²) in [5.41, 5.74) is -3.11. The first-order valence-electron chi connectivity index (χ1n) is 14.4. The Morgan fingerprint density at radius 2 is 1.85 bits per heavy atom. The van der Waals surface area contributed by atoms with Crippen LogP contribution in [0.25, 0.3) is 22.0 Å². The first-order valence-corrected chi connectivity index (χ1v) is 15.7. The lowest BCUT2D eigenvalue weighted by molar-refractivity contribution is -0.137. The van der Waals surface area contributed by atoms with Crippen LogP contribution in [-0.4, -0.2) is 67.6 Å². The molecule has 0 aliphatic carbocycles. The van der Waals surface area contributed by atoms with Gasteiger partial charge < -0.3 is 14.5 Å². The minimum Gasteiger partial charge on any atom is -0.470 e. The highest BCUT2D eigenvalue weighted by atomic mass is 35.5. The third-order valence-electron chi connectivity index (χ3n) is 8.07. The molecule has 2 aromatic heterocycles. The fourth-order valence-electron chi connectivity index (χ4n) is 6.21. The molecule has 0 saturated carbocycles. The van der Waals surface area contributed by atoms with Crippen LogP contribution >= 0.6 is 23.4 Å². The van der Waals surface area contributed by atoms with E-state index < -0.39 is 63.4 Å². The van der Waals surface area contributed by atoms with Crippen LogP contribution in [0.5, 0.6) is 5.88 Å². The average molecular weight is 693 g/mol. The molecule has 6 rings (SSSR count). The zero-order valence-corrected chi connectivity index (χ0v) is 26.5. The first-order chi connectivity index (χ1) is 22.3. The number of alkyl halides is 3. The second kappa shape index (κ2) is 12.4. The predicted octanol–water partition coefficient (Wildman–Crippen LogP) is 5.97. The van der Waals surface area contributed by atoms with Gasteiger partial charge in [0.25, 0.3) is 0 Å². The quantitative estimate of drug-likeness (QED) is 0.144. The molecule has 0 unspecified atom stereocenters. The fraction of sp³-hybridized carbons (Fsp3) is 0.323. The third kappa shape index (κ3) is 6.02. The molecule has 3 atom stereocenters. The smallest absolute Gasteiger partial charge is 0.417 e. The van der Waals surface area contributed by atoms with E-state index in [9.17, 15) is 27.2 Å². The fourth-order valence-corrected chi connectivity index (χ4v) is 7.62. The molecule has 47 heavy (non-hydrogen) atoms. The number of amides is 1. The van der Waals surface area contributed by atoms with Gasteiger partial charge in [0.1, 0.15) is 23.6 Å². The second-order valence-corrected chi connectivity index (χ2v) is 12.7. The summed E-state index contributed by atoms with van der Waals surface area (Å²) >= 11 is 6.89. The van der Waals surface area contributed by atoms with Gasteiger partial charge in [-0.2, -0.15) is 23.3 Å². The lowest BCUT2D eigenvalue weighted by Crippen LogP contribution is -2.58. The Morgan fingerprint density at radius 3 is 2.49 bits per heavy atom. The van der Waals surface area contributed by atoms with Crippen LogP contribution < -0.4 is 15.3 Å². The van der Waals surface area contributed by atoms with E-state index in [-0.39, 0.29) is 58.8 Å². The SMILES string of the molecule is C=CC(=O)N1[C@H](C)CN(c2nc(=O)n3c4c(c(-c5cc(Cl)c(F)cc5F)c(C(F)(F)F)cc24)SC[C@@H](Oc2cccnn2)C3)C[C@@H]1C. The largest absolute Gasteiger partial charge is 0.470 e. The molecule has 0 radical (unpaired) electrons. The van der Waals surface area contributed by atoms with E-state index in [1.165, 1.54) is 22.9 Å². The maximum atomic E-state index is 15.4. The molecule has 1 fully saturated rings. The summed E-state index contributed by atoms with van der Waals surface area (Å²) in [7, 11) is 0. The van der Waals surface area contributed by atoms with Crippen molar-refractivity contribution in [2.45, 2.75) is 49.7 Å². The van der Waals surface area contributed by atoms with Gasteiger partial charge in [-0.25, -0.2) is 13.6 Å². The van der Waals surface area contributed by atoms with Crippen LogP contribution in [0.3, 0.4) is 0 Å². The van der Waals surface area contributed by atoms with Crippen LogP contribution in [0.4, 0.5) is 27.8 Å². The summed E-state index contributed by atoms with van der Waals surface area (Å²) in [6.45, 7) is 7.28. The van der Waals surface area contributed by atoms with Gasteiger partial charge in [0.05, 0.1) is 22.6 Å². The van der Waals surface area contributed by atoms with Crippen molar-refractivity contribution < 1.29 is 31.5 Å². The van der Waals surface area contributed by atoms with Crippen LogP contribution in [0, 0.1) is 11.6 Å². The minimum atomic E-state index is -5.02. The van der Waals surface area contributed by atoms with Crippen molar-refractivity contribution >= 4 is 46.0 Å². The van der Waals surface area contributed by atoms with Crippen LogP contribution in [0.1, 0.15) is 19.4 Å². The van der Waals surface area contributed by atoms with Gasteiger partial charge in [-0.3, -0.25) is 9.36 Å². The molecular formula is C31H26ClF5N6O3S. The molecule has 1 saturated heterocycles. The zero-order chi connectivity index (χ0) is 33.8. The van der Waals surface area contributed by atoms with Gasteiger partial charge in [-0.1, -0.05) is 18.2 Å². The molecule has 2 aliphatic heterocycles. The Morgan fingerprint density at radius 1 is 1.13 bits per heavy atom. The lowest BCUT2D eigenvalue weighted by atomic mass is 9.95. The van der Waals surface area contributed by atoms with Crippen molar-refractivity contribution in [3.8, 4) is 17.0 Å². The Hall–Kier alpha value is -4.24. The molecule has 4 aromatic rings. The van der Waals surface area contributed by atoms with E-state index in [1.807, 2.05) is 0 Å². The number of hydrogen-bond acceptors (Lipinski definition) is 8. The summed E-state index contributed by atoms with van der Waals surface area (Å²) in [6, 6.07) is 4.38. The molecule has 4 heterocycles. The topological polar surface area (TPSA) is 93.5 Å². The number of piperazine rings is 1. The molecule has 2 aliphatic rings. The summed E-state index contributed by atoms with van der Waals surface area (Å²) in [4.78, 5) is 33.9. The highest BCUT2D eigenvalue weighted by molar-refractivity contribution is 7.99. The summed E-state index contributed by atoms with van der Waals surface area (Å²) in [5.74, 6) is -2.59. The zero-order valence-electron chi connectivity index (χ0n) is 24.9. The Balaban J connectivity index is 1.62. The van der Waals surface area contributed by atoms with E-state index in [0.29, 0.717) is 6.07 Å². The number of nitrogens with zero attached hydrogens (tertiary/aromatic N) is 6. The van der Waals surface area contributed by atoms with Gasteiger partial charge in [-0.05, 0) is 38.1 Å². The molecular weight excluding hydrogens is 667 g/mol. The Labute approximate surface area is 274 Å². The molecule has 0 spiro atoms. The van der Waals surface area contributed by atoms with Crippen molar-refractivity contribution in [1.82, 2.24) is 24.6 Å². The van der Waals surface area contributed by atoms with Crippen LogP contribution in [-0.2, 0) is 17.5 Å². The van der Waals surface area contributed by atoms with Crippen molar-refractivity contribution in [3.63, 3.8) is 0 Å². The maximum Gasteiger partial charge on any atom is 0.417 e. The summed E-state index contributed by atoms with van der Waals surface area (Å²) in [6.07, 6.45) is -3.20. The molecule has 246 valence electrons. The average Bonchev–Trinajstić information content (AvgIpc) is 3.20. The van der Waals surface area contributed by atoms with E-state index >= 15 is 4.39 Å². The number of ether oxygens (including phenoxy) is 1. The highest BCUT2D eigenvalue weighted by Crippen LogP contribution is 2.49.